The van der Waals surface area contributed by atoms with Crippen molar-refractivity contribution in [3.63, 3.8) is 0 Å². The van der Waals surface area contributed by atoms with E-state index in [0.29, 0.717) is 11.6 Å². The molecule has 0 radical (unpaired) electrons. The Balaban J connectivity index is 0.000000480. The average Bonchev–Trinajstić information content (AvgIpc) is 3.03. The van der Waals surface area contributed by atoms with Crippen LogP contribution in [-0.4, -0.2) is 50.1 Å². The van der Waals surface area contributed by atoms with Crippen LogP contribution in [0.4, 0.5) is 13.2 Å². The van der Waals surface area contributed by atoms with E-state index in [4.69, 9.17) is 26.6 Å². The van der Waals surface area contributed by atoms with Crippen molar-refractivity contribution in [3.05, 3.63) is 52.3 Å². The molecule has 0 aliphatic heterocycles. The molecule has 0 saturated carbocycles. The molecule has 7 nitrogen and oxygen atoms in total. The maximum Gasteiger partial charge on any atom is 0.490 e. The number of aromatic carboxylic acids is 1. The molecular weight excluding hydrogens is 403 g/mol. The van der Waals surface area contributed by atoms with E-state index in [2.05, 4.69) is 10.00 Å². The Morgan fingerprint density at radius 1 is 1.25 bits per heavy atom. The van der Waals surface area contributed by atoms with Crippen LogP contribution in [0.2, 0.25) is 5.02 Å². The topological polar surface area (TPSA) is 95.7 Å². The summed E-state index contributed by atoms with van der Waals surface area (Å²) >= 11 is 6.14. The van der Waals surface area contributed by atoms with Crippen LogP contribution in [0.5, 0.6) is 0 Å². The van der Waals surface area contributed by atoms with Gasteiger partial charge in [-0.1, -0.05) is 11.6 Å². The number of benzene rings is 1. The van der Waals surface area contributed by atoms with E-state index in [1.54, 1.807) is 12.1 Å². The zero-order valence-corrected chi connectivity index (χ0v) is 15.8. The third-order valence-corrected chi connectivity index (χ3v) is 3.81. The first-order valence-corrected chi connectivity index (χ1v) is 8.33. The van der Waals surface area contributed by atoms with E-state index >= 15 is 0 Å². The van der Waals surface area contributed by atoms with E-state index in [0.717, 1.165) is 24.2 Å². The molecule has 0 atom stereocenters. The molecule has 11 heteroatoms. The van der Waals surface area contributed by atoms with Gasteiger partial charge in [-0.15, -0.1) is 0 Å². The normalized spacial score (nSPS) is 11.1. The monoisotopic (exact) mass is 421 g/mol. The van der Waals surface area contributed by atoms with Crippen LogP contribution in [0, 0.1) is 0 Å². The minimum atomic E-state index is -5.08. The Kier molecular flexibility index (Phi) is 8.45. The third-order valence-electron chi connectivity index (χ3n) is 3.44. The summed E-state index contributed by atoms with van der Waals surface area (Å²) in [5, 5.41) is 21.0. The first-order chi connectivity index (χ1) is 12.9. The zero-order chi connectivity index (χ0) is 21.5. The quantitative estimate of drug-likeness (QED) is 0.741. The summed E-state index contributed by atoms with van der Waals surface area (Å²) < 4.78 is 33.6. The Hall–Kier alpha value is -2.59. The van der Waals surface area contributed by atoms with Gasteiger partial charge in [0, 0.05) is 36.4 Å². The average molecular weight is 422 g/mol. The molecule has 0 unspecified atom stereocenters. The second kappa shape index (κ2) is 10.1. The summed E-state index contributed by atoms with van der Waals surface area (Å²) in [6, 6.07) is 4.76. The molecule has 2 rings (SSSR count). The molecule has 0 saturated heterocycles. The predicted octanol–water partition coefficient (Wildman–Crippen LogP) is 3.52. The van der Waals surface area contributed by atoms with Crippen LogP contribution in [-0.2, 0) is 24.4 Å². The van der Waals surface area contributed by atoms with Crippen LogP contribution in [0.25, 0.3) is 0 Å². The van der Waals surface area contributed by atoms with Crippen molar-refractivity contribution in [1.29, 1.82) is 0 Å². The van der Waals surface area contributed by atoms with Gasteiger partial charge in [0.25, 0.3) is 0 Å². The minimum absolute atomic E-state index is 0.251. The first-order valence-electron chi connectivity index (χ1n) is 7.95. The number of carboxylic acids is 2. The fourth-order valence-corrected chi connectivity index (χ4v) is 2.33. The Morgan fingerprint density at radius 3 is 2.32 bits per heavy atom. The number of hydrogen-bond donors (Lipinski definition) is 2. The fourth-order valence-electron chi connectivity index (χ4n) is 2.15. The van der Waals surface area contributed by atoms with Crippen LogP contribution < -0.4 is 0 Å². The van der Waals surface area contributed by atoms with Crippen molar-refractivity contribution in [3.8, 4) is 0 Å². The van der Waals surface area contributed by atoms with E-state index in [1.807, 2.05) is 31.0 Å². The summed E-state index contributed by atoms with van der Waals surface area (Å²) in [6.07, 6.45) is -1.24. The largest absolute Gasteiger partial charge is 0.490 e. The molecule has 1 aromatic carbocycles. The van der Waals surface area contributed by atoms with Gasteiger partial charge in [0.2, 0.25) is 0 Å². The number of rotatable bonds is 6. The lowest BCUT2D eigenvalue weighted by molar-refractivity contribution is -0.192. The zero-order valence-electron chi connectivity index (χ0n) is 15.1. The summed E-state index contributed by atoms with van der Waals surface area (Å²) in [5.74, 6) is -3.70. The molecule has 0 aliphatic carbocycles. The van der Waals surface area contributed by atoms with Gasteiger partial charge in [-0.25, -0.2) is 9.59 Å². The van der Waals surface area contributed by atoms with Gasteiger partial charge >= 0.3 is 18.1 Å². The second-order valence-corrected chi connectivity index (χ2v) is 6.20. The standard InChI is InChI=1S/C15H18ClN3O2.C2HF3O2/c1-3-19-9-11(7-17-19)8-18(2)10-13-6-12(15(20)21)4-5-14(13)16;3-2(4,5)1(6)7/h4-7,9H,3,8,10H2,1-2H3,(H,20,21);(H,6,7). The molecule has 0 spiro atoms. The molecule has 1 heterocycles. The molecular formula is C17H19ClF3N3O4. The molecule has 0 amide bonds. The molecule has 28 heavy (non-hydrogen) atoms. The van der Waals surface area contributed by atoms with E-state index in [9.17, 15) is 18.0 Å². The Bertz CT molecular complexity index is 824. The lowest BCUT2D eigenvalue weighted by atomic mass is 10.1. The van der Waals surface area contributed by atoms with Crippen molar-refractivity contribution in [2.24, 2.45) is 0 Å². The van der Waals surface area contributed by atoms with Gasteiger partial charge in [0.05, 0.1) is 11.8 Å². The minimum Gasteiger partial charge on any atom is -0.478 e. The van der Waals surface area contributed by atoms with Gasteiger partial charge in [0.1, 0.15) is 0 Å². The number of halogens is 4. The number of carboxylic acid groups (broad SMARTS) is 2. The van der Waals surface area contributed by atoms with Gasteiger partial charge in [-0.05, 0) is 37.7 Å². The summed E-state index contributed by atoms with van der Waals surface area (Å²) in [5.41, 5.74) is 2.17. The lowest BCUT2D eigenvalue weighted by Crippen LogP contribution is -2.21. The van der Waals surface area contributed by atoms with Crippen LogP contribution in [0.15, 0.2) is 30.6 Å². The molecule has 154 valence electrons. The molecule has 0 bridgehead atoms. The Morgan fingerprint density at radius 2 is 1.86 bits per heavy atom. The van der Waals surface area contributed by atoms with Crippen molar-refractivity contribution >= 4 is 23.5 Å². The lowest BCUT2D eigenvalue weighted by Gasteiger charge is -2.17. The predicted molar refractivity (Wildman–Crippen MR) is 95.2 cm³/mol. The van der Waals surface area contributed by atoms with Gasteiger partial charge < -0.3 is 10.2 Å². The first kappa shape index (κ1) is 23.4. The van der Waals surface area contributed by atoms with Crippen molar-refractivity contribution in [1.82, 2.24) is 14.7 Å². The van der Waals surface area contributed by atoms with E-state index < -0.39 is 18.1 Å². The van der Waals surface area contributed by atoms with Crippen molar-refractivity contribution in [2.75, 3.05) is 7.05 Å². The fraction of sp³-hybridized carbons (Fsp3) is 0.353. The van der Waals surface area contributed by atoms with E-state index in [1.165, 1.54) is 6.07 Å². The van der Waals surface area contributed by atoms with Gasteiger partial charge in [-0.3, -0.25) is 9.58 Å². The number of nitrogens with zero attached hydrogens (tertiary/aromatic N) is 3. The maximum absolute atomic E-state index is 11.0. The van der Waals surface area contributed by atoms with Gasteiger partial charge in [-0.2, -0.15) is 18.3 Å². The maximum atomic E-state index is 11.0. The highest BCUT2D eigenvalue weighted by Gasteiger charge is 2.38. The molecule has 0 aliphatic rings. The highest BCUT2D eigenvalue weighted by Crippen LogP contribution is 2.20. The highest BCUT2D eigenvalue weighted by atomic mass is 35.5. The molecule has 2 aromatic rings. The molecule has 0 fully saturated rings. The summed E-state index contributed by atoms with van der Waals surface area (Å²) in [4.78, 5) is 22.0. The smallest absolute Gasteiger partial charge is 0.478 e. The van der Waals surface area contributed by atoms with Crippen LogP contribution >= 0.6 is 11.6 Å². The molecule has 2 N–H and O–H groups in total. The number of aromatic nitrogens is 2. The third kappa shape index (κ3) is 7.57. The number of alkyl halides is 3. The van der Waals surface area contributed by atoms with Gasteiger partial charge in [0.15, 0.2) is 0 Å². The van der Waals surface area contributed by atoms with Crippen molar-refractivity contribution in [2.45, 2.75) is 32.7 Å². The number of aryl methyl sites for hydroxylation is 1. The summed E-state index contributed by atoms with van der Waals surface area (Å²) in [6.45, 7) is 4.19. The SMILES string of the molecule is CCn1cc(CN(C)Cc2cc(C(=O)O)ccc2Cl)cn1.O=C(O)C(F)(F)F. The van der Waals surface area contributed by atoms with Crippen molar-refractivity contribution < 1.29 is 33.0 Å². The number of aliphatic carboxylic acids is 1. The van der Waals surface area contributed by atoms with E-state index in [-0.39, 0.29) is 5.56 Å². The second-order valence-electron chi connectivity index (χ2n) is 5.79. The molecule has 1 aromatic heterocycles. The van der Waals surface area contributed by atoms with Crippen LogP contribution in [0.1, 0.15) is 28.4 Å². The number of hydrogen-bond acceptors (Lipinski definition) is 4. The highest BCUT2D eigenvalue weighted by molar-refractivity contribution is 6.31. The number of carbonyl (C=O) groups is 2. The van der Waals surface area contributed by atoms with Crippen LogP contribution in [0.3, 0.4) is 0 Å². The summed E-state index contributed by atoms with van der Waals surface area (Å²) in [7, 11) is 1.97. The Labute approximate surface area is 163 Å².